The number of imide groups is 1. The Balaban J connectivity index is 1.56. The Morgan fingerprint density at radius 1 is 1.07 bits per heavy atom. The van der Waals surface area contributed by atoms with Crippen molar-refractivity contribution in [2.75, 3.05) is 11.9 Å². The van der Waals surface area contributed by atoms with Gasteiger partial charge in [0.15, 0.2) is 0 Å². The molecule has 2 aromatic rings. The molecule has 1 aliphatic heterocycles. The molecule has 7 heteroatoms. The Hall–Kier alpha value is -3.35. The van der Waals surface area contributed by atoms with Crippen molar-refractivity contribution in [3.63, 3.8) is 0 Å². The van der Waals surface area contributed by atoms with Gasteiger partial charge in [0.05, 0.1) is 0 Å². The van der Waals surface area contributed by atoms with Gasteiger partial charge >= 0.3 is 6.03 Å². The van der Waals surface area contributed by atoms with E-state index in [1.165, 1.54) is 0 Å². The molecule has 0 aromatic heterocycles. The van der Waals surface area contributed by atoms with E-state index in [2.05, 4.69) is 24.5 Å². The molecule has 2 N–H and O–H groups in total. The molecular formula is C23H27N3O4. The largest absolute Gasteiger partial charge is 0.457 e. The number of amides is 4. The molecular weight excluding hydrogens is 382 g/mol. The minimum atomic E-state index is -0.960. The summed E-state index contributed by atoms with van der Waals surface area (Å²) in [4.78, 5) is 38.3. The molecule has 0 aliphatic carbocycles. The minimum absolute atomic E-state index is 0.329. The lowest BCUT2D eigenvalue weighted by Crippen LogP contribution is -2.44. The molecule has 0 radical (unpaired) electrons. The van der Waals surface area contributed by atoms with E-state index in [1.54, 1.807) is 31.2 Å². The zero-order valence-electron chi connectivity index (χ0n) is 17.5. The van der Waals surface area contributed by atoms with Gasteiger partial charge in [-0.25, -0.2) is 4.79 Å². The van der Waals surface area contributed by atoms with Gasteiger partial charge in [0.1, 0.15) is 23.6 Å². The van der Waals surface area contributed by atoms with Crippen molar-refractivity contribution in [1.29, 1.82) is 0 Å². The summed E-state index contributed by atoms with van der Waals surface area (Å²) in [7, 11) is 0. The van der Waals surface area contributed by atoms with Gasteiger partial charge < -0.3 is 15.4 Å². The summed E-state index contributed by atoms with van der Waals surface area (Å²) >= 11 is 0. The van der Waals surface area contributed by atoms with Crippen molar-refractivity contribution < 1.29 is 19.1 Å². The molecule has 1 aliphatic rings. The highest BCUT2D eigenvalue weighted by Crippen LogP contribution is 2.25. The summed E-state index contributed by atoms with van der Waals surface area (Å²) in [5.41, 5.74) is -0.409. The molecule has 158 valence electrons. The van der Waals surface area contributed by atoms with Crippen LogP contribution in [0.1, 0.15) is 33.6 Å². The lowest BCUT2D eigenvalue weighted by atomic mass is 9.92. The highest BCUT2D eigenvalue weighted by atomic mass is 16.5. The van der Waals surface area contributed by atoms with Crippen LogP contribution in [-0.2, 0) is 9.59 Å². The number of nitrogens with zero attached hydrogens (tertiary/aromatic N) is 1. The Kier molecular flexibility index (Phi) is 6.40. The molecule has 7 nitrogen and oxygen atoms in total. The van der Waals surface area contributed by atoms with E-state index < -0.39 is 17.5 Å². The molecule has 2 aromatic carbocycles. The first-order valence-corrected chi connectivity index (χ1v) is 10.0. The number of hydrogen-bond acceptors (Lipinski definition) is 4. The van der Waals surface area contributed by atoms with Crippen LogP contribution >= 0.6 is 0 Å². The van der Waals surface area contributed by atoms with Crippen LogP contribution < -0.4 is 15.4 Å². The topological polar surface area (TPSA) is 87.7 Å². The summed E-state index contributed by atoms with van der Waals surface area (Å²) in [6.07, 6.45) is 1.34. The summed E-state index contributed by atoms with van der Waals surface area (Å²) in [6.45, 7) is 5.50. The Morgan fingerprint density at radius 3 is 2.33 bits per heavy atom. The molecule has 1 saturated heterocycles. The molecule has 30 heavy (non-hydrogen) atoms. The maximum atomic E-state index is 12.7. The number of hydrogen-bond donors (Lipinski definition) is 2. The summed E-state index contributed by atoms with van der Waals surface area (Å²) in [5.74, 6) is 0.957. The van der Waals surface area contributed by atoms with Gasteiger partial charge in [-0.1, -0.05) is 32.0 Å². The number of anilines is 1. The van der Waals surface area contributed by atoms with Gasteiger partial charge in [0.25, 0.3) is 5.91 Å². The van der Waals surface area contributed by atoms with Crippen molar-refractivity contribution >= 4 is 23.5 Å². The van der Waals surface area contributed by atoms with Crippen LogP contribution in [-0.4, -0.2) is 34.8 Å². The van der Waals surface area contributed by atoms with Crippen molar-refractivity contribution in [2.45, 2.75) is 39.2 Å². The molecule has 4 amide bonds. The van der Waals surface area contributed by atoms with Crippen LogP contribution in [0.3, 0.4) is 0 Å². The minimum Gasteiger partial charge on any atom is -0.457 e. The average Bonchev–Trinajstić information content (AvgIpc) is 2.92. The number of carbonyl (C=O) groups excluding carboxylic acids is 3. The van der Waals surface area contributed by atoms with Crippen LogP contribution in [0, 0.1) is 5.92 Å². The molecule has 0 unspecified atom stereocenters. The van der Waals surface area contributed by atoms with E-state index >= 15 is 0 Å². The Morgan fingerprint density at radius 2 is 1.70 bits per heavy atom. The van der Waals surface area contributed by atoms with Crippen molar-refractivity contribution in [3.05, 3.63) is 54.6 Å². The first kappa shape index (κ1) is 21.4. The van der Waals surface area contributed by atoms with E-state index in [-0.39, 0.29) is 12.5 Å². The molecule has 0 saturated carbocycles. The average molecular weight is 409 g/mol. The van der Waals surface area contributed by atoms with Crippen molar-refractivity contribution in [3.8, 4) is 11.5 Å². The van der Waals surface area contributed by atoms with Gasteiger partial charge in [-0.05, 0) is 62.1 Å². The molecule has 1 atom stereocenters. The molecule has 3 rings (SSSR count). The van der Waals surface area contributed by atoms with E-state index in [9.17, 15) is 14.4 Å². The standard InChI is InChI=1S/C23H27N3O4/c1-16(2)13-14-23(3)21(28)26(22(29)25-23)15-20(27)24-17-9-11-19(12-10-17)30-18-7-5-4-6-8-18/h4-12,16H,13-15H2,1-3H3,(H,24,27)(H,25,29)/t23-/m0/s1. The number of carbonyl (C=O) groups is 3. The van der Waals surface area contributed by atoms with Crippen LogP contribution in [0.2, 0.25) is 0 Å². The van der Waals surface area contributed by atoms with Crippen LogP contribution in [0.25, 0.3) is 0 Å². The number of urea groups is 1. The maximum Gasteiger partial charge on any atom is 0.325 e. The van der Waals surface area contributed by atoms with Gasteiger partial charge in [0, 0.05) is 5.69 Å². The molecule has 1 heterocycles. The Bertz CT molecular complexity index is 912. The van der Waals surface area contributed by atoms with Gasteiger partial charge in [-0.15, -0.1) is 0 Å². The summed E-state index contributed by atoms with van der Waals surface area (Å²) in [5, 5.41) is 5.44. The second-order valence-electron chi connectivity index (χ2n) is 8.07. The SMILES string of the molecule is CC(C)CC[C@]1(C)NC(=O)N(CC(=O)Nc2ccc(Oc3ccccc3)cc2)C1=O. The Labute approximate surface area is 176 Å². The predicted molar refractivity (Wildman–Crippen MR) is 114 cm³/mol. The fraction of sp³-hybridized carbons (Fsp3) is 0.348. The molecule has 1 fully saturated rings. The van der Waals surface area contributed by atoms with Gasteiger partial charge in [-0.3, -0.25) is 14.5 Å². The molecule has 0 bridgehead atoms. The zero-order valence-corrected chi connectivity index (χ0v) is 17.5. The quantitative estimate of drug-likeness (QED) is 0.641. The summed E-state index contributed by atoms with van der Waals surface area (Å²) in [6, 6.07) is 15.7. The number of nitrogens with one attached hydrogen (secondary N) is 2. The van der Waals surface area contributed by atoms with Crippen molar-refractivity contribution in [1.82, 2.24) is 10.2 Å². The smallest absolute Gasteiger partial charge is 0.325 e. The monoisotopic (exact) mass is 409 g/mol. The number of ether oxygens (including phenoxy) is 1. The number of para-hydroxylation sites is 1. The zero-order chi connectivity index (χ0) is 21.7. The van der Waals surface area contributed by atoms with Crippen molar-refractivity contribution in [2.24, 2.45) is 5.92 Å². The first-order chi connectivity index (χ1) is 14.3. The summed E-state index contributed by atoms with van der Waals surface area (Å²) < 4.78 is 5.72. The third-order valence-electron chi connectivity index (χ3n) is 4.99. The first-order valence-electron chi connectivity index (χ1n) is 10.0. The van der Waals surface area contributed by atoms with E-state index in [4.69, 9.17) is 4.74 Å². The van der Waals surface area contributed by atoms with Gasteiger partial charge in [-0.2, -0.15) is 0 Å². The van der Waals surface area contributed by atoms with E-state index in [1.807, 2.05) is 30.3 Å². The van der Waals surface area contributed by atoms with E-state index in [0.717, 1.165) is 11.3 Å². The van der Waals surface area contributed by atoms with Crippen LogP contribution in [0.5, 0.6) is 11.5 Å². The highest BCUT2D eigenvalue weighted by molar-refractivity contribution is 6.09. The fourth-order valence-corrected chi connectivity index (χ4v) is 3.21. The normalized spacial score (nSPS) is 18.5. The predicted octanol–water partition coefficient (Wildman–Crippen LogP) is 4.16. The highest BCUT2D eigenvalue weighted by Gasteiger charge is 2.47. The van der Waals surface area contributed by atoms with E-state index in [0.29, 0.717) is 29.5 Å². The van der Waals surface area contributed by atoms with Crippen LogP contribution in [0.4, 0.5) is 10.5 Å². The molecule has 0 spiro atoms. The lowest BCUT2D eigenvalue weighted by molar-refractivity contribution is -0.133. The number of benzene rings is 2. The van der Waals surface area contributed by atoms with Crippen LogP contribution in [0.15, 0.2) is 54.6 Å². The van der Waals surface area contributed by atoms with Gasteiger partial charge in [0.2, 0.25) is 5.91 Å². The number of rotatable bonds is 8. The third kappa shape index (κ3) is 5.17. The maximum absolute atomic E-state index is 12.7. The third-order valence-corrected chi connectivity index (χ3v) is 4.99. The fourth-order valence-electron chi connectivity index (χ4n) is 3.21. The lowest BCUT2D eigenvalue weighted by Gasteiger charge is -2.22. The second-order valence-corrected chi connectivity index (χ2v) is 8.07. The second kappa shape index (κ2) is 8.98.